The molecule has 3 heteroatoms. The molecule has 200 valence electrons. The van der Waals surface area contributed by atoms with Crippen molar-refractivity contribution in [1.82, 2.24) is 0 Å². The normalized spacial score (nSPS) is 10.8. The van der Waals surface area contributed by atoms with Crippen molar-refractivity contribution in [1.29, 1.82) is 0 Å². The maximum atomic E-state index is 5.34. The van der Waals surface area contributed by atoms with E-state index in [9.17, 15) is 0 Å². The first-order valence-corrected chi connectivity index (χ1v) is 14.6. The number of hydrogen-bond acceptors (Lipinski definition) is 3. The van der Waals surface area contributed by atoms with E-state index in [-0.39, 0.29) is 0 Å². The molecule has 0 atom stereocenters. The van der Waals surface area contributed by atoms with Gasteiger partial charge in [0.2, 0.25) is 0 Å². The Hall–Kier alpha value is -5.22. The molecule has 0 spiro atoms. The van der Waals surface area contributed by atoms with E-state index in [4.69, 9.17) is 9.47 Å². The third-order valence-corrected chi connectivity index (χ3v) is 8.60. The first kappa shape index (κ1) is 25.7. The van der Waals surface area contributed by atoms with Crippen molar-refractivity contribution in [3.05, 3.63) is 130 Å². The lowest BCUT2D eigenvalue weighted by Gasteiger charge is -2.13. The Morgan fingerprint density at radius 1 is 0.500 bits per heavy atom. The molecule has 0 fully saturated rings. The monoisotopic (exact) mass is 558 g/mol. The van der Waals surface area contributed by atoms with Gasteiger partial charge in [-0.25, -0.2) is 0 Å². The number of ether oxygens (including phenoxy) is 2. The zero-order valence-electron chi connectivity index (χ0n) is 23.5. The van der Waals surface area contributed by atoms with Crippen LogP contribution in [0.3, 0.4) is 0 Å². The van der Waals surface area contributed by atoms with Gasteiger partial charge in [0.25, 0.3) is 0 Å². The second-order valence-electron chi connectivity index (χ2n) is 10.2. The van der Waals surface area contributed by atoms with Crippen LogP contribution in [0.25, 0.3) is 42.4 Å². The molecule has 0 saturated carbocycles. The summed E-state index contributed by atoms with van der Waals surface area (Å²) in [6, 6.07) is 35.7. The summed E-state index contributed by atoms with van der Waals surface area (Å²) in [5, 5.41) is 8.03. The van der Waals surface area contributed by atoms with Gasteiger partial charge in [0.1, 0.15) is 11.5 Å². The van der Waals surface area contributed by atoms with E-state index in [1.165, 1.54) is 25.7 Å². The molecule has 0 unspecified atom stereocenters. The fraction of sp³-hybridized carbons (Fsp3) is 0.0769. The predicted octanol–water partition coefficient (Wildman–Crippen LogP) is 9.49. The smallest absolute Gasteiger partial charge is 0.118 e. The van der Waals surface area contributed by atoms with Gasteiger partial charge in [0, 0.05) is 37.2 Å². The highest BCUT2D eigenvalue weighted by atomic mass is 32.1. The molecule has 0 amide bonds. The zero-order chi connectivity index (χ0) is 28.6. The van der Waals surface area contributed by atoms with Gasteiger partial charge in [0.05, 0.1) is 14.2 Å². The fourth-order valence-electron chi connectivity index (χ4n) is 5.46. The molecule has 7 rings (SSSR count). The predicted molar refractivity (Wildman–Crippen MR) is 177 cm³/mol. The number of methoxy groups -OCH3 is 2. The SMILES string of the molecule is COc1ccc(C#Cc2c3cc4ccccc4cc3c(C#Cc3ccc(OC)cc3)c3cc4sc(C)cc4cc23)cc1. The standard InChI is InChI=1S/C39H26O2S/c1-25-20-30-23-37-33(18-12-26-8-14-31(40-2)15-9-26)35-21-28-6-4-5-7-29(28)22-36(35)34(38(37)24-39(30)42-25)19-13-27-10-16-32(41-3)17-11-27/h4-11,14-17,20-24H,1-3H3. The van der Waals surface area contributed by atoms with Crippen LogP contribution in [0.2, 0.25) is 0 Å². The second kappa shape index (κ2) is 10.6. The summed E-state index contributed by atoms with van der Waals surface area (Å²) < 4.78 is 11.9. The van der Waals surface area contributed by atoms with Gasteiger partial charge < -0.3 is 9.47 Å². The molecule has 0 bridgehead atoms. The Bertz CT molecular complexity index is 2110. The van der Waals surface area contributed by atoms with Crippen LogP contribution >= 0.6 is 11.3 Å². The third-order valence-electron chi connectivity index (χ3n) is 7.59. The number of thiophene rings is 1. The molecule has 1 heterocycles. The summed E-state index contributed by atoms with van der Waals surface area (Å²) in [7, 11) is 3.35. The zero-order valence-corrected chi connectivity index (χ0v) is 24.4. The minimum Gasteiger partial charge on any atom is -0.497 e. The van der Waals surface area contributed by atoms with E-state index < -0.39 is 0 Å². The van der Waals surface area contributed by atoms with E-state index in [2.05, 4.69) is 85.2 Å². The number of aryl methyl sites for hydroxylation is 1. The molecule has 2 nitrogen and oxygen atoms in total. The van der Waals surface area contributed by atoms with Crippen LogP contribution < -0.4 is 9.47 Å². The van der Waals surface area contributed by atoms with Crippen LogP contribution in [-0.4, -0.2) is 14.2 Å². The molecular formula is C39H26O2S. The van der Waals surface area contributed by atoms with Crippen LogP contribution in [-0.2, 0) is 0 Å². The number of fused-ring (bicyclic) bond motifs is 4. The van der Waals surface area contributed by atoms with Gasteiger partial charge in [-0.1, -0.05) is 47.9 Å². The highest BCUT2D eigenvalue weighted by Crippen LogP contribution is 2.39. The van der Waals surface area contributed by atoms with Gasteiger partial charge in [-0.2, -0.15) is 0 Å². The van der Waals surface area contributed by atoms with Crippen molar-refractivity contribution in [2.75, 3.05) is 14.2 Å². The Morgan fingerprint density at radius 2 is 0.952 bits per heavy atom. The minimum atomic E-state index is 0.818. The Kier molecular flexibility index (Phi) is 6.52. The lowest BCUT2D eigenvalue weighted by Crippen LogP contribution is -1.92. The van der Waals surface area contributed by atoms with E-state index in [1.807, 2.05) is 59.9 Å². The van der Waals surface area contributed by atoms with Crippen LogP contribution in [0, 0.1) is 30.6 Å². The van der Waals surface area contributed by atoms with Gasteiger partial charge in [0.15, 0.2) is 0 Å². The molecular weight excluding hydrogens is 532 g/mol. The lowest BCUT2D eigenvalue weighted by molar-refractivity contribution is 0.414. The van der Waals surface area contributed by atoms with Crippen molar-refractivity contribution in [2.24, 2.45) is 0 Å². The minimum absolute atomic E-state index is 0.818. The Labute approximate surface area is 249 Å². The molecule has 0 radical (unpaired) electrons. The van der Waals surface area contributed by atoms with Gasteiger partial charge in [-0.3, -0.25) is 0 Å². The molecule has 0 aliphatic carbocycles. The van der Waals surface area contributed by atoms with E-state index in [1.54, 1.807) is 14.2 Å². The second-order valence-corrected chi connectivity index (χ2v) is 11.5. The average Bonchev–Trinajstić information content (AvgIpc) is 3.40. The van der Waals surface area contributed by atoms with Gasteiger partial charge >= 0.3 is 0 Å². The van der Waals surface area contributed by atoms with E-state index in [0.717, 1.165) is 55.3 Å². The molecule has 42 heavy (non-hydrogen) atoms. The van der Waals surface area contributed by atoms with E-state index >= 15 is 0 Å². The van der Waals surface area contributed by atoms with Crippen LogP contribution in [0.5, 0.6) is 11.5 Å². The first-order chi connectivity index (χ1) is 20.6. The number of hydrogen-bond donors (Lipinski definition) is 0. The Morgan fingerprint density at radius 3 is 1.43 bits per heavy atom. The summed E-state index contributed by atoms with van der Waals surface area (Å²) in [5.41, 5.74) is 3.91. The lowest BCUT2D eigenvalue weighted by atomic mass is 9.89. The number of benzene rings is 6. The van der Waals surface area contributed by atoms with Crippen LogP contribution in [0.1, 0.15) is 27.1 Å². The maximum absolute atomic E-state index is 5.34. The highest BCUT2D eigenvalue weighted by Gasteiger charge is 2.15. The highest BCUT2D eigenvalue weighted by molar-refractivity contribution is 7.19. The fourth-order valence-corrected chi connectivity index (χ4v) is 6.41. The van der Waals surface area contributed by atoms with Crippen molar-refractivity contribution >= 4 is 53.7 Å². The van der Waals surface area contributed by atoms with Crippen molar-refractivity contribution in [2.45, 2.75) is 6.92 Å². The summed E-state index contributed by atoms with van der Waals surface area (Å²) in [6.45, 7) is 2.16. The largest absolute Gasteiger partial charge is 0.497 e. The van der Waals surface area contributed by atoms with Crippen molar-refractivity contribution < 1.29 is 9.47 Å². The molecule has 0 aliphatic rings. The quantitative estimate of drug-likeness (QED) is 0.155. The summed E-state index contributed by atoms with van der Waals surface area (Å²) in [6.07, 6.45) is 0. The maximum Gasteiger partial charge on any atom is 0.118 e. The summed E-state index contributed by atoms with van der Waals surface area (Å²) >= 11 is 1.81. The topological polar surface area (TPSA) is 18.5 Å². The molecule has 6 aromatic carbocycles. The average molecular weight is 559 g/mol. The van der Waals surface area contributed by atoms with Gasteiger partial charge in [-0.05, 0) is 118 Å². The Balaban J connectivity index is 1.57. The molecule has 0 saturated heterocycles. The molecule has 1 aromatic heterocycles. The van der Waals surface area contributed by atoms with Gasteiger partial charge in [-0.15, -0.1) is 11.3 Å². The van der Waals surface area contributed by atoms with Crippen LogP contribution in [0.15, 0.2) is 103 Å². The van der Waals surface area contributed by atoms with Crippen LogP contribution in [0.4, 0.5) is 0 Å². The summed E-state index contributed by atoms with van der Waals surface area (Å²) in [5.74, 6) is 15.7. The van der Waals surface area contributed by atoms with Crippen molar-refractivity contribution in [3.8, 4) is 35.2 Å². The first-order valence-electron chi connectivity index (χ1n) is 13.7. The van der Waals surface area contributed by atoms with Crippen molar-refractivity contribution in [3.63, 3.8) is 0 Å². The number of rotatable bonds is 2. The molecule has 0 N–H and O–H groups in total. The van der Waals surface area contributed by atoms with E-state index in [0.29, 0.717) is 0 Å². The summed E-state index contributed by atoms with van der Waals surface area (Å²) in [4.78, 5) is 1.28. The molecule has 7 aromatic rings. The molecule has 0 aliphatic heterocycles. The third kappa shape index (κ3) is 4.71.